The summed E-state index contributed by atoms with van der Waals surface area (Å²) < 4.78 is 5.32. The maximum absolute atomic E-state index is 12.9. The van der Waals surface area contributed by atoms with Crippen molar-refractivity contribution in [1.82, 2.24) is 14.9 Å². The molecule has 4 rings (SSSR count). The summed E-state index contributed by atoms with van der Waals surface area (Å²) in [7, 11) is 1.57. The number of fused-ring (bicyclic) bond motifs is 1. The van der Waals surface area contributed by atoms with Gasteiger partial charge in [0.05, 0.1) is 23.7 Å². The summed E-state index contributed by atoms with van der Waals surface area (Å²) >= 11 is 6.07. The predicted octanol–water partition coefficient (Wildman–Crippen LogP) is 4.24. The van der Waals surface area contributed by atoms with Crippen LogP contribution >= 0.6 is 11.6 Å². The number of nitrogens with zero attached hydrogens (tertiary/aromatic N) is 2. The molecule has 0 bridgehead atoms. The van der Waals surface area contributed by atoms with Crippen LogP contribution in [0.2, 0.25) is 5.02 Å². The second kappa shape index (κ2) is 7.00. The van der Waals surface area contributed by atoms with Crippen molar-refractivity contribution in [2.75, 3.05) is 20.2 Å². The summed E-state index contributed by atoms with van der Waals surface area (Å²) in [5.74, 6) is 0.936. The van der Waals surface area contributed by atoms with E-state index in [0.717, 1.165) is 23.9 Å². The van der Waals surface area contributed by atoms with Crippen LogP contribution in [0.25, 0.3) is 11.0 Å². The minimum absolute atomic E-state index is 0.0279. The van der Waals surface area contributed by atoms with Crippen LogP contribution in [0.15, 0.2) is 42.7 Å². The van der Waals surface area contributed by atoms with Gasteiger partial charge in [0.2, 0.25) is 0 Å². The minimum atomic E-state index is -0.0279. The Morgan fingerprint density at radius 2 is 2.12 bits per heavy atom. The third kappa shape index (κ3) is 3.03. The standard InChI is InChI=1S/C20H20ClN3O2/c1-26-18-5-4-14(21)11-15(18)20(25)24-9-6-13(7-10-24)16-12-23-17-3-2-8-22-19(16)17/h2-5,8,11-13,23H,6-7,9-10H2,1H3. The first-order valence-corrected chi connectivity index (χ1v) is 9.10. The van der Waals surface area contributed by atoms with Gasteiger partial charge in [0.1, 0.15) is 5.75 Å². The fourth-order valence-electron chi connectivity index (χ4n) is 3.70. The van der Waals surface area contributed by atoms with Crippen molar-refractivity contribution in [2.45, 2.75) is 18.8 Å². The van der Waals surface area contributed by atoms with Gasteiger partial charge in [-0.25, -0.2) is 0 Å². The van der Waals surface area contributed by atoms with Gasteiger partial charge in [-0.05, 0) is 54.7 Å². The fraction of sp³-hybridized carbons (Fsp3) is 0.300. The van der Waals surface area contributed by atoms with Crippen LogP contribution in [0.1, 0.15) is 34.7 Å². The number of hydrogen-bond acceptors (Lipinski definition) is 3. The number of likely N-dealkylation sites (tertiary alicyclic amines) is 1. The Balaban J connectivity index is 1.50. The second-order valence-electron chi connectivity index (χ2n) is 6.55. The van der Waals surface area contributed by atoms with Crippen LogP contribution < -0.4 is 4.74 Å². The number of halogens is 1. The number of rotatable bonds is 3. The largest absolute Gasteiger partial charge is 0.496 e. The normalized spacial score (nSPS) is 15.4. The minimum Gasteiger partial charge on any atom is -0.496 e. The maximum atomic E-state index is 12.9. The quantitative estimate of drug-likeness (QED) is 0.751. The van der Waals surface area contributed by atoms with Crippen LogP contribution in [0.5, 0.6) is 5.75 Å². The number of aromatic nitrogens is 2. The number of hydrogen-bond donors (Lipinski definition) is 1. The molecule has 1 saturated heterocycles. The van der Waals surface area contributed by atoms with E-state index in [2.05, 4.69) is 16.2 Å². The number of aromatic amines is 1. The monoisotopic (exact) mass is 369 g/mol. The van der Waals surface area contributed by atoms with Crippen molar-refractivity contribution < 1.29 is 9.53 Å². The average Bonchev–Trinajstić information content (AvgIpc) is 3.11. The van der Waals surface area contributed by atoms with Crippen molar-refractivity contribution in [3.63, 3.8) is 0 Å². The molecule has 0 unspecified atom stereocenters. The van der Waals surface area contributed by atoms with Gasteiger partial charge >= 0.3 is 0 Å². The van der Waals surface area contributed by atoms with E-state index in [-0.39, 0.29) is 5.91 Å². The van der Waals surface area contributed by atoms with E-state index >= 15 is 0 Å². The Bertz CT molecular complexity index is 945. The van der Waals surface area contributed by atoms with Crippen molar-refractivity contribution in [3.05, 3.63) is 58.9 Å². The Labute approximate surface area is 156 Å². The van der Waals surface area contributed by atoms with Crippen molar-refractivity contribution in [3.8, 4) is 5.75 Å². The third-order valence-electron chi connectivity index (χ3n) is 5.08. The molecule has 0 radical (unpaired) electrons. The van der Waals surface area contributed by atoms with E-state index < -0.39 is 0 Å². The zero-order valence-electron chi connectivity index (χ0n) is 14.5. The molecule has 1 aromatic carbocycles. The molecule has 26 heavy (non-hydrogen) atoms. The van der Waals surface area contributed by atoms with E-state index in [4.69, 9.17) is 16.3 Å². The zero-order chi connectivity index (χ0) is 18.1. The molecule has 1 amide bonds. The third-order valence-corrected chi connectivity index (χ3v) is 5.31. The maximum Gasteiger partial charge on any atom is 0.257 e. The van der Waals surface area contributed by atoms with Crippen LogP contribution in [0.4, 0.5) is 0 Å². The average molecular weight is 370 g/mol. The molecule has 0 atom stereocenters. The lowest BCUT2D eigenvalue weighted by atomic mass is 9.90. The number of carbonyl (C=O) groups is 1. The van der Waals surface area contributed by atoms with E-state index in [0.29, 0.717) is 35.3 Å². The summed E-state index contributed by atoms with van der Waals surface area (Å²) in [4.78, 5) is 22.6. The van der Waals surface area contributed by atoms with Gasteiger partial charge < -0.3 is 14.6 Å². The van der Waals surface area contributed by atoms with Gasteiger partial charge in [-0.15, -0.1) is 0 Å². The smallest absolute Gasteiger partial charge is 0.257 e. The number of methoxy groups -OCH3 is 1. The molecule has 0 aliphatic carbocycles. The lowest BCUT2D eigenvalue weighted by Gasteiger charge is -2.32. The summed E-state index contributed by atoms with van der Waals surface area (Å²) in [5.41, 5.74) is 3.86. The van der Waals surface area contributed by atoms with Gasteiger partial charge in [-0.1, -0.05) is 11.6 Å². The van der Waals surface area contributed by atoms with E-state index in [1.165, 1.54) is 5.56 Å². The summed E-state index contributed by atoms with van der Waals surface area (Å²) in [5, 5.41) is 0.536. The van der Waals surface area contributed by atoms with Crippen molar-refractivity contribution in [1.29, 1.82) is 0 Å². The highest BCUT2D eigenvalue weighted by Gasteiger charge is 2.27. The molecule has 1 N–H and O–H groups in total. The molecule has 134 valence electrons. The highest BCUT2D eigenvalue weighted by atomic mass is 35.5. The van der Waals surface area contributed by atoms with Crippen LogP contribution in [-0.2, 0) is 0 Å². The molecule has 1 aliphatic heterocycles. The topological polar surface area (TPSA) is 58.2 Å². The van der Waals surface area contributed by atoms with Gasteiger partial charge in [-0.2, -0.15) is 0 Å². The van der Waals surface area contributed by atoms with E-state index in [1.807, 2.05) is 23.2 Å². The molecular weight excluding hydrogens is 350 g/mol. The van der Waals surface area contributed by atoms with Crippen LogP contribution in [-0.4, -0.2) is 41.0 Å². The number of benzene rings is 1. The fourth-order valence-corrected chi connectivity index (χ4v) is 3.87. The summed E-state index contributed by atoms with van der Waals surface area (Å²) in [6.45, 7) is 1.41. The molecule has 1 aliphatic rings. The molecule has 5 nitrogen and oxygen atoms in total. The number of ether oxygens (including phenoxy) is 1. The molecule has 0 spiro atoms. The predicted molar refractivity (Wildman–Crippen MR) is 102 cm³/mol. The molecule has 3 heterocycles. The van der Waals surface area contributed by atoms with Gasteiger partial charge in [0.25, 0.3) is 5.91 Å². The van der Waals surface area contributed by atoms with Gasteiger partial charge in [0, 0.05) is 30.5 Å². The van der Waals surface area contributed by atoms with Gasteiger partial charge in [0.15, 0.2) is 0 Å². The number of carbonyl (C=O) groups excluding carboxylic acids is 1. The van der Waals surface area contributed by atoms with Crippen molar-refractivity contribution >= 4 is 28.5 Å². The number of H-pyrrole nitrogens is 1. The summed E-state index contributed by atoms with van der Waals surface area (Å²) in [6.07, 6.45) is 5.71. The molecule has 1 fully saturated rings. The highest BCUT2D eigenvalue weighted by Crippen LogP contribution is 2.33. The lowest BCUT2D eigenvalue weighted by Crippen LogP contribution is -2.38. The first-order valence-electron chi connectivity index (χ1n) is 8.72. The molecule has 2 aromatic heterocycles. The Morgan fingerprint density at radius 3 is 2.88 bits per heavy atom. The van der Waals surface area contributed by atoms with Crippen LogP contribution in [0.3, 0.4) is 0 Å². The Hall–Kier alpha value is -2.53. The number of nitrogens with one attached hydrogen (secondary N) is 1. The lowest BCUT2D eigenvalue weighted by molar-refractivity contribution is 0.0710. The molecule has 0 saturated carbocycles. The molecule has 6 heteroatoms. The first kappa shape index (κ1) is 16.9. The Kier molecular flexibility index (Phi) is 4.55. The SMILES string of the molecule is COc1ccc(Cl)cc1C(=O)N1CCC(c2c[nH]c3cccnc23)CC1. The van der Waals surface area contributed by atoms with E-state index in [9.17, 15) is 4.79 Å². The first-order chi connectivity index (χ1) is 12.7. The number of pyridine rings is 1. The van der Waals surface area contributed by atoms with Crippen LogP contribution in [0, 0.1) is 0 Å². The number of amides is 1. The zero-order valence-corrected chi connectivity index (χ0v) is 15.3. The highest BCUT2D eigenvalue weighted by molar-refractivity contribution is 6.31. The number of piperidine rings is 1. The summed E-state index contributed by atoms with van der Waals surface area (Å²) in [6, 6.07) is 9.11. The van der Waals surface area contributed by atoms with Gasteiger partial charge in [-0.3, -0.25) is 9.78 Å². The molecule has 3 aromatic rings. The van der Waals surface area contributed by atoms with Crippen molar-refractivity contribution in [2.24, 2.45) is 0 Å². The van der Waals surface area contributed by atoms with E-state index in [1.54, 1.807) is 25.3 Å². The Morgan fingerprint density at radius 1 is 1.31 bits per heavy atom. The second-order valence-corrected chi connectivity index (χ2v) is 6.99. The molecular formula is C20H20ClN3O2.